The smallest absolute Gasteiger partial charge is 0.0541 e. The number of benzene rings is 9. The zero-order chi connectivity index (χ0) is 37.7. The van der Waals surface area contributed by atoms with Crippen LogP contribution in [-0.2, 0) is 0 Å². The van der Waals surface area contributed by atoms with E-state index in [4.69, 9.17) is 0 Å². The van der Waals surface area contributed by atoms with Gasteiger partial charge in [0, 0.05) is 50.0 Å². The van der Waals surface area contributed by atoms with E-state index in [9.17, 15) is 0 Å². The maximum absolute atomic E-state index is 2.39. The fourth-order valence-corrected chi connectivity index (χ4v) is 8.66. The number of aromatic nitrogens is 2. The maximum Gasteiger partial charge on any atom is 0.0541 e. The van der Waals surface area contributed by atoms with Crippen LogP contribution in [0.2, 0.25) is 0 Å². The van der Waals surface area contributed by atoms with Crippen molar-refractivity contribution in [2.24, 2.45) is 0 Å². The van der Waals surface area contributed by atoms with E-state index < -0.39 is 0 Å². The highest BCUT2D eigenvalue weighted by molar-refractivity contribution is 6.10. The summed E-state index contributed by atoms with van der Waals surface area (Å²) in [6.07, 6.45) is 0. The number of rotatable bonds is 7. The molecule has 0 saturated carbocycles. The molecule has 0 bridgehead atoms. The van der Waals surface area contributed by atoms with Gasteiger partial charge in [0.15, 0.2) is 0 Å². The predicted octanol–water partition coefficient (Wildman–Crippen LogP) is 14.7. The first kappa shape index (κ1) is 32.8. The molecule has 3 nitrogen and oxygen atoms in total. The molecule has 0 N–H and O–H groups in total. The van der Waals surface area contributed by atoms with Crippen molar-refractivity contribution in [3.63, 3.8) is 0 Å². The zero-order valence-corrected chi connectivity index (χ0v) is 31.2. The minimum absolute atomic E-state index is 1.08. The number of para-hydroxylation sites is 4. The van der Waals surface area contributed by atoms with E-state index in [0.717, 1.165) is 28.4 Å². The van der Waals surface area contributed by atoms with Crippen LogP contribution < -0.4 is 4.90 Å². The third-order valence-electron chi connectivity index (χ3n) is 11.3. The van der Waals surface area contributed by atoms with Gasteiger partial charge in [0.25, 0.3) is 0 Å². The van der Waals surface area contributed by atoms with Crippen LogP contribution in [0.1, 0.15) is 0 Å². The third-order valence-corrected chi connectivity index (χ3v) is 11.3. The Bertz CT molecular complexity index is 3100. The van der Waals surface area contributed by atoms with E-state index in [1.54, 1.807) is 0 Å². The van der Waals surface area contributed by atoms with Crippen LogP contribution >= 0.6 is 0 Å². The molecule has 0 fully saturated rings. The summed E-state index contributed by atoms with van der Waals surface area (Å²) in [6, 6.07) is 81.1. The van der Waals surface area contributed by atoms with E-state index in [-0.39, 0.29) is 0 Å². The van der Waals surface area contributed by atoms with E-state index in [2.05, 4.69) is 238 Å². The lowest BCUT2D eigenvalue weighted by atomic mass is 10.00. The molecule has 268 valence electrons. The standard InChI is InChI=1S/C54H37N3/c1-2-13-38(14-3-1)39-25-27-40(28-26-39)41-29-31-42(32-30-41)55(43-33-35-44(36-34-43)56-51-21-8-4-17-47(51)48-18-5-9-22-52(48)56)45-15-12-16-46(37-45)57-53-23-10-6-19-49(53)50-20-7-11-24-54(50)57/h1-37H. The molecule has 0 aliphatic rings. The molecule has 2 aromatic heterocycles. The normalized spacial score (nSPS) is 11.5. The highest BCUT2D eigenvalue weighted by Gasteiger charge is 2.18. The van der Waals surface area contributed by atoms with E-state index in [0.29, 0.717) is 0 Å². The summed E-state index contributed by atoms with van der Waals surface area (Å²) in [6.45, 7) is 0. The molecule has 0 aliphatic heterocycles. The molecule has 0 saturated heterocycles. The third kappa shape index (κ3) is 5.60. The van der Waals surface area contributed by atoms with E-state index in [1.165, 1.54) is 65.9 Å². The van der Waals surface area contributed by atoms with Crippen LogP contribution in [0, 0.1) is 0 Å². The molecule has 0 spiro atoms. The van der Waals surface area contributed by atoms with Crippen molar-refractivity contribution < 1.29 is 0 Å². The predicted molar refractivity (Wildman–Crippen MR) is 241 cm³/mol. The number of anilines is 3. The van der Waals surface area contributed by atoms with Crippen LogP contribution in [0.15, 0.2) is 224 Å². The zero-order valence-electron chi connectivity index (χ0n) is 31.2. The number of fused-ring (bicyclic) bond motifs is 6. The lowest BCUT2D eigenvalue weighted by Crippen LogP contribution is -2.10. The van der Waals surface area contributed by atoms with Gasteiger partial charge < -0.3 is 14.0 Å². The fraction of sp³-hybridized carbons (Fsp3) is 0. The van der Waals surface area contributed by atoms with Crippen molar-refractivity contribution in [3.8, 4) is 33.6 Å². The molecule has 0 aliphatic carbocycles. The van der Waals surface area contributed by atoms with Crippen LogP contribution in [-0.4, -0.2) is 9.13 Å². The van der Waals surface area contributed by atoms with Gasteiger partial charge in [0.1, 0.15) is 0 Å². The molecule has 3 heteroatoms. The number of hydrogen-bond acceptors (Lipinski definition) is 1. The molecular formula is C54H37N3. The Hall–Kier alpha value is -7.62. The van der Waals surface area contributed by atoms with Crippen LogP contribution in [0.4, 0.5) is 17.1 Å². The summed E-state index contributed by atoms with van der Waals surface area (Å²) in [4.78, 5) is 2.37. The number of hydrogen-bond donors (Lipinski definition) is 0. The van der Waals surface area contributed by atoms with Crippen LogP contribution in [0.5, 0.6) is 0 Å². The Kier molecular flexibility index (Phi) is 7.82. The minimum atomic E-state index is 1.08. The molecule has 57 heavy (non-hydrogen) atoms. The average molecular weight is 728 g/mol. The van der Waals surface area contributed by atoms with Gasteiger partial charge in [-0.25, -0.2) is 0 Å². The molecule has 0 radical (unpaired) electrons. The van der Waals surface area contributed by atoms with Gasteiger partial charge in [-0.3, -0.25) is 0 Å². The highest BCUT2D eigenvalue weighted by atomic mass is 15.1. The maximum atomic E-state index is 2.39. The van der Waals surface area contributed by atoms with Crippen molar-refractivity contribution in [1.82, 2.24) is 9.13 Å². The van der Waals surface area contributed by atoms with Gasteiger partial charge in [-0.05, 0) is 101 Å². The van der Waals surface area contributed by atoms with Crippen molar-refractivity contribution in [2.75, 3.05) is 4.90 Å². The van der Waals surface area contributed by atoms with Gasteiger partial charge in [0.2, 0.25) is 0 Å². The Morgan fingerprint density at radius 2 is 0.614 bits per heavy atom. The molecule has 11 aromatic rings. The van der Waals surface area contributed by atoms with E-state index in [1.807, 2.05) is 0 Å². The summed E-state index contributed by atoms with van der Waals surface area (Å²) >= 11 is 0. The summed E-state index contributed by atoms with van der Waals surface area (Å²) in [5.74, 6) is 0. The first-order valence-electron chi connectivity index (χ1n) is 19.5. The SMILES string of the molecule is c1ccc(-c2ccc(-c3ccc(N(c4ccc(-n5c6ccccc6c6ccccc65)cc4)c4cccc(-n5c6ccccc6c6ccccc65)c4)cc3)cc2)cc1. The number of nitrogens with zero attached hydrogens (tertiary/aromatic N) is 3. The van der Waals surface area contributed by atoms with E-state index >= 15 is 0 Å². The van der Waals surface area contributed by atoms with Crippen molar-refractivity contribution in [1.29, 1.82) is 0 Å². The molecule has 0 unspecified atom stereocenters. The van der Waals surface area contributed by atoms with Crippen molar-refractivity contribution >= 4 is 60.7 Å². The fourth-order valence-electron chi connectivity index (χ4n) is 8.66. The van der Waals surface area contributed by atoms with Gasteiger partial charge in [-0.1, -0.05) is 146 Å². The largest absolute Gasteiger partial charge is 0.310 e. The van der Waals surface area contributed by atoms with Gasteiger partial charge >= 0.3 is 0 Å². The summed E-state index contributed by atoms with van der Waals surface area (Å²) in [5, 5.41) is 5.03. The Balaban J connectivity index is 1.03. The Morgan fingerprint density at radius 1 is 0.246 bits per heavy atom. The van der Waals surface area contributed by atoms with Crippen LogP contribution in [0.3, 0.4) is 0 Å². The summed E-state index contributed by atoms with van der Waals surface area (Å²) in [5.41, 5.74) is 15.1. The highest BCUT2D eigenvalue weighted by Crippen LogP contribution is 2.40. The molecule has 0 amide bonds. The molecular weight excluding hydrogens is 691 g/mol. The first-order valence-corrected chi connectivity index (χ1v) is 19.5. The second-order valence-electron chi connectivity index (χ2n) is 14.6. The van der Waals surface area contributed by atoms with Gasteiger partial charge in [-0.2, -0.15) is 0 Å². The Morgan fingerprint density at radius 3 is 1.09 bits per heavy atom. The Labute approximate surface area is 331 Å². The minimum Gasteiger partial charge on any atom is -0.310 e. The van der Waals surface area contributed by atoms with Crippen molar-refractivity contribution in [2.45, 2.75) is 0 Å². The van der Waals surface area contributed by atoms with Crippen LogP contribution in [0.25, 0.3) is 77.2 Å². The average Bonchev–Trinajstić information content (AvgIpc) is 3.81. The summed E-state index contributed by atoms with van der Waals surface area (Å²) in [7, 11) is 0. The molecule has 0 atom stereocenters. The topological polar surface area (TPSA) is 13.1 Å². The summed E-state index contributed by atoms with van der Waals surface area (Å²) < 4.78 is 4.76. The lowest BCUT2D eigenvalue weighted by Gasteiger charge is -2.27. The monoisotopic (exact) mass is 727 g/mol. The van der Waals surface area contributed by atoms with Gasteiger partial charge in [-0.15, -0.1) is 0 Å². The second kappa shape index (κ2) is 13.6. The second-order valence-corrected chi connectivity index (χ2v) is 14.6. The lowest BCUT2D eigenvalue weighted by molar-refractivity contribution is 1.16. The quantitative estimate of drug-likeness (QED) is 0.159. The first-order chi connectivity index (χ1) is 28.3. The molecule has 2 heterocycles. The van der Waals surface area contributed by atoms with Gasteiger partial charge in [0.05, 0.1) is 22.1 Å². The molecule has 9 aromatic carbocycles. The molecule has 11 rings (SSSR count). The van der Waals surface area contributed by atoms with Crippen molar-refractivity contribution in [3.05, 3.63) is 224 Å².